The third-order valence-electron chi connectivity index (χ3n) is 6.67. The largest absolute Gasteiger partial charge is 0.368 e. The van der Waals surface area contributed by atoms with Gasteiger partial charge in [-0.3, -0.25) is 14.2 Å². The summed E-state index contributed by atoms with van der Waals surface area (Å²) in [4.78, 5) is 29.7. The molecule has 4 aromatic rings. The first-order valence-electron chi connectivity index (χ1n) is 11.9. The standard InChI is InChI=1S/C28H25Cl3N4O2/c1-17(32)28(37)34-13-11-33(12-14-34)18-15-21(19-5-2-3-6-22(19)29)20-9-10-26(36)35(25(20)16-18)27-23(30)7-4-8-24(27)31/h2-10,15-17H,11-14,32H2,1H3. The molecular formula is C28H25Cl3N4O2. The highest BCUT2D eigenvalue weighted by Gasteiger charge is 2.25. The number of aromatic nitrogens is 1. The summed E-state index contributed by atoms with van der Waals surface area (Å²) in [5.74, 6) is -0.0582. The highest BCUT2D eigenvalue weighted by Crippen LogP contribution is 2.38. The quantitative estimate of drug-likeness (QED) is 0.355. The van der Waals surface area contributed by atoms with Crippen LogP contribution in [0.5, 0.6) is 0 Å². The van der Waals surface area contributed by atoms with Gasteiger partial charge in [0.15, 0.2) is 0 Å². The van der Waals surface area contributed by atoms with E-state index in [0.717, 1.165) is 22.2 Å². The molecule has 9 heteroatoms. The van der Waals surface area contributed by atoms with Crippen LogP contribution in [0.15, 0.2) is 71.5 Å². The molecular weight excluding hydrogens is 531 g/mol. The Bertz CT molecular complexity index is 1540. The third-order valence-corrected chi connectivity index (χ3v) is 7.61. The van der Waals surface area contributed by atoms with Gasteiger partial charge in [-0.25, -0.2) is 0 Å². The van der Waals surface area contributed by atoms with Gasteiger partial charge in [-0.05, 0) is 48.9 Å². The molecule has 0 spiro atoms. The molecule has 1 amide bonds. The van der Waals surface area contributed by atoms with Crippen LogP contribution in [-0.4, -0.2) is 47.6 Å². The number of amides is 1. The number of nitrogens with two attached hydrogens (primary N) is 1. The number of halogens is 3. The van der Waals surface area contributed by atoms with Crippen LogP contribution in [0, 0.1) is 0 Å². The molecule has 1 fully saturated rings. The van der Waals surface area contributed by atoms with E-state index in [2.05, 4.69) is 11.0 Å². The molecule has 2 N–H and O–H groups in total. The number of carbonyl (C=O) groups excluding carboxylic acids is 1. The van der Waals surface area contributed by atoms with Crippen molar-refractivity contribution in [2.45, 2.75) is 13.0 Å². The van der Waals surface area contributed by atoms with Crippen molar-refractivity contribution in [2.75, 3.05) is 31.1 Å². The Balaban J connectivity index is 1.72. The summed E-state index contributed by atoms with van der Waals surface area (Å²) in [7, 11) is 0. The number of hydrogen-bond donors (Lipinski definition) is 1. The lowest BCUT2D eigenvalue weighted by molar-refractivity contribution is -0.132. The van der Waals surface area contributed by atoms with E-state index in [1.165, 1.54) is 6.07 Å². The van der Waals surface area contributed by atoms with Gasteiger partial charge >= 0.3 is 0 Å². The Labute approximate surface area is 229 Å². The van der Waals surface area contributed by atoms with Crippen molar-refractivity contribution in [1.82, 2.24) is 9.47 Å². The number of fused-ring (bicyclic) bond motifs is 1. The van der Waals surface area contributed by atoms with Crippen LogP contribution in [0.1, 0.15) is 6.92 Å². The van der Waals surface area contributed by atoms with Gasteiger partial charge in [0.1, 0.15) is 0 Å². The van der Waals surface area contributed by atoms with E-state index in [1.807, 2.05) is 30.3 Å². The summed E-state index contributed by atoms with van der Waals surface area (Å²) < 4.78 is 1.56. The molecule has 6 nitrogen and oxygen atoms in total. The first-order chi connectivity index (χ1) is 17.8. The second kappa shape index (κ2) is 10.4. The van der Waals surface area contributed by atoms with Crippen molar-refractivity contribution in [2.24, 2.45) is 5.73 Å². The molecule has 37 heavy (non-hydrogen) atoms. The number of pyridine rings is 1. The zero-order valence-corrected chi connectivity index (χ0v) is 22.4. The van der Waals surface area contributed by atoms with Crippen LogP contribution < -0.4 is 16.2 Å². The summed E-state index contributed by atoms with van der Waals surface area (Å²) in [5.41, 5.74) is 9.27. The average molecular weight is 556 g/mol. The molecule has 5 rings (SSSR count). The number of nitrogens with zero attached hydrogens (tertiary/aromatic N) is 3. The monoisotopic (exact) mass is 554 g/mol. The number of carbonyl (C=O) groups is 1. The van der Waals surface area contributed by atoms with Crippen LogP contribution >= 0.6 is 34.8 Å². The number of anilines is 1. The van der Waals surface area contributed by atoms with Crippen LogP contribution in [0.2, 0.25) is 15.1 Å². The van der Waals surface area contributed by atoms with Crippen molar-refractivity contribution >= 4 is 57.3 Å². The number of rotatable bonds is 4. The van der Waals surface area contributed by atoms with Crippen LogP contribution in [0.4, 0.5) is 5.69 Å². The van der Waals surface area contributed by atoms with Gasteiger partial charge in [-0.15, -0.1) is 0 Å². The lowest BCUT2D eigenvalue weighted by Gasteiger charge is -2.37. The fourth-order valence-corrected chi connectivity index (χ4v) is 5.63. The fraction of sp³-hybridized carbons (Fsp3) is 0.214. The number of benzene rings is 3. The molecule has 2 heterocycles. The first-order valence-corrected chi connectivity index (χ1v) is 13.1. The van der Waals surface area contributed by atoms with E-state index in [1.54, 1.807) is 40.7 Å². The highest BCUT2D eigenvalue weighted by atomic mass is 35.5. The molecule has 1 aliphatic rings. The molecule has 1 saturated heterocycles. The number of piperazine rings is 1. The van der Waals surface area contributed by atoms with E-state index in [-0.39, 0.29) is 11.5 Å². The van der Waals surface area contributed by atoms with Gasteiger partial charge in [0.2, 0.25) is 5.91 Å². The van der Waals surface area contributed by atoms with Gasteiger partial charge < -0.3 is 15.5 Å². The second-order valence-corrected chi connectivity index (χ2v) is 10.3. The summed E-state index contributed by atoms with van der Waals surface area (Å²) in [5, 5.41) is 2.17. The maximum Gasteiger partial charge on any atom is 0.255 e. The van der Waals surface area contributed by atoms with Crippen LogP contribution in [-0.2, 0) is 4.79 Å². The van der Waals surface area contributed by atoms with Gasteiger partial charge in [-0.1, -0.05) is 59.1 Å². The average Bonchev–Trinajstić information content (AvgIpc) is 2.89. The zero-order valence-electron chi connectivity index (χ0n) is 20.1. The zero-order chi connectivity index (χ0) is 26.3. The molecule has 0 aliphatic carbocycles. The van der Waals surface area contributed by atoms with Gasteiger partial charge in [0.05, 0.1) is 27.3 Å². The fourth-order valence-electron chi connectivity index (χ4n) is 4.82. The minimum absolute atomic E-state index is 0.0582. The molecule has 3 aromatic carbocycles. The normalized spacial score (nSPS) is 14.7. The molecule has 0 saturated carbocycles. The lowest BCUT2D eigenvalue weighted by Crippen LogP contribution is -2.52. The predicted molar refractivity (Wildman–Crippen MR) is 152 cm³/mol. The summed E-state index contributed by atoms with van der Waals surface area (Å²) in [6, 6.07) is 19.6. The molecule has 0 bridgehead atoms. The maximum atomic E-state index is 13.3. The van der Waals surface area contributed by atoms with E-state index < -0.39 is 6.04 Å². The Kier molecular flexibility index (Phi) is 7.19. The lowest BCUT2D eigenvalue weighted by atomic mass is 9.98. The van der Waals surface area contributed by atoms with Crippen LogP contribution in [0.3, 0.4) is 0 Å². The highest BCUT2D eigenvalue weighted by molar-refractivity contribution is 6.38. The van der Waals surface area contributed by atoms with Crippen molar-refractivity contribution in [3.05, 3.63) is 92.2 Å². The summed E-state index contributed by atoms with van der Waals surface area (Å²) >= 11 is 19.7. The third kappa shape index (κ3) is 4.82. The minimum atomic E-state index is -0.533. The molecule has 190 valence electrons. The first kappa shape index (κ1) is 25.6. The topological polar surface area (TPSA) is 71.6 Å². The predicted octanol–water partition coefficient (Wildman–Crippen LogP) is 5.61. The van der Waals surface area contributed by atoms with Crippen molar-refractivity contribution in [3.8, 4) is 16.8 Å². The van der Waals surface area contributed by atoms with E-state index in [0.29, 0.717) is 52.5 Å². The summed E-state index contributed by atoms with van der Waals surface area (Å²) in [6.07, 6.45) is 0. The number of para-hydroxylation sites is 1. The van der Waals surface area contributed by atoms with Crippen molar-refractivity contribution in [1.29, 1.82) is 0 Å². The smallest absolute Gasteiger partial charge is 0.255 e. The second-order valence-electron chi connectivity index (χ2n) is 9.08. The van der Waals surface area contributed by atoms with E-state index >= 15 is 0 Å². The van der Waals surface area contributed by atoms with Gasteiger partial charge in [0, 0.05) is 53.9 Å². The Morgan fingerprint density at radius 2 is 1.49 bits per heavy atom. The molecule has 0 radical (unpaired) electrons. The minimum Gasteiger partial charge on any atom is -0.368 e. The maximum absolute atomic E-state index is 13.3. The Hall–Kier alpha value is -3.03. The van der Waals surface area contributed by atoms with Gasteiger partial charge in [-0.2, -0.15) is 0 Å². The van der Waals surface area contributed by atoms with Crippen LogP contribution in [0.25, 0.3) is 27.7 Å². The molecule has 1 atom stereocenters. The van der Waals surface area contributed by atoms with Crippen molar-refractivity contribution in [3.63, 3.8) is 0 Å². The Morgan fingerprint density at radius 1 is 0.838 bits per heavy atom. The molecule has 1 unspecified atom stereocenters. The number of hydrogen-bond acceptors (Lipinski definition) is 4. The molecule has 1 aromatic heterocycles. The Morgan fingerprint density at radius 3 is 2.14 bits per heavy atom. The van der Waals surface area contributed by atoms with Gasteiger partial charge in [0.25, 0.3) is 5.56 Å². The summed E-state index contributed by atoms with van der Waals surface area (Å²) in [6.45, 7) is 4.05. The van der Waals surface area contributed by atoms with E-state index in [4.69, 9.17) is 40.5 Å². The SMILES string of the molecule is CC(N)C(=O)N1CCN(c2cc(-c3ccccc3Cl)c3ccc(=O)n(-c4c(Cl)cccc4Cl)c3c2)CC1. The van der Waals surface area contributed by atoms with Crippen molar-refractivity contribution < 1.29 is 4.79 Å². The van der Waals surface area contributed by atoms with E-state index in [9.17, 15) is 9.59 Å². The molecule has 1 aliphatic heterocycles.